The van der Waals surface area contributed by atoms with Gasteiger partial charge in [0.1, 0.15) is 16.7 Å². The van der Waals surface area contributed by atoms with Crippen molar-refractivity contribution in [2.24, 2.45) is 0 Å². The van der Waals surface area contributed by atoms with Crippen molar-refractivity contribution in [3.63, 3.8) is 0 Å². The zero-order valence-corrected chi connectivity index (χ0v) is 22.6. The summed E-state index contributed by atoms with van der Waals surface area (Å²) in [6.07, 6.45) is 2.03. The molecule has 0 amide bonds. The quantitative estimate of drug-likeness (QED) is 0.261. The van der Waals surface area contributed by atoms with Crippen molar-refractivity contribution >= 4 is 28.5 Å². The molecule has 2 N–H and O–H groups in total. The maximum absolute atomic E-state index is 12.3. The lowest BCUT2D eigenvalue weighted by Crippen LogP contribution is -2.33. The van der Waals surface area contributed by atoms with E-state index in [0.717, 1.165) is 27.1 Å². The number of esters is 1. The molecular weight excluding hydrogens is 494 g/mol. The smallest absolute Gasteiger partial charge is 0.306 e. The van der Waals surface area contributed by atoms with Gasteiger partial charge in [0.25, 0.3) is 0 Å². The first-order valence-corrected chi connectivity index (χ1v) is 14.5. The van der Waals surface area contributed by atoms with Crippen LogP contribution in [0, 0.1) is 6.92 Å². The molecule has 1 heterocycles. The standard InChI is InChI=1S/C28H33NO5S2/c1-19-9-10-22(25(16-28(30)33-3)21-11-13-24(35-4)14-12-21)15-23(19)18-29-17-20(2)34-26-7-5-6-8-27(26)36(29,31)32/h5-15,20,25,31-32H,16-18H2,1-4H3. The van der Waals surface area contributed by atoms with Crippen molar-refractivity contribution in [2.45, 2.75) is 48.6 Å². The maximum atomic E-state index is 12.3. The van der Waals surface area contributed by atoms with E-state index >= 15 is 0 Å². The fourth-order valence-electron chi connectivity index (χ4n) is 4.49. The predicted molar refractivity (Wildman–Crippen MR) is 146 cm³/mol. The van der Waals surface area contributed by atoms with Crippen molar-refractivity contribution in [1.29, 1.82) is 0 Å². The molecule has 3 aromatic rings. The largest absolute Gasteiger partial charge is 0.487 e. The van der Waals surface area contributed by atoms with Crippen LogP contribution in [0.1, 0.15) is 41.5 Å². The van der Waals surface area contributed by atoms with Gasteiger partial charge in [-0.05, 0) is 66.6 Å². The van der Waals surface area contributed by atoms with Crippen LogP contribution in [-0.2, 0) is 16.1 Å². The summed E-state index contributed by atoms with van der Waals surface area (Å²) in [5.74, 6) is 0.0466. The van der Waals surface area contributed by atoms with Crippen LogP contribution in [0.4, 0.5) is 0 Å². The summed E-state index contributed by atoms with van der Waals surface area (Å²) in [7, 11) is -1.85. The molecule has 2 atom stereocenters. The molecule has 6 nitrogen and oxygen atoms in total. The summed E-state index contributed by atoms with van der Waals surface area (Å²) in [6.45, 7) is 4.64. The van der Waals surface area contributed by atoms with Gasteiger partial charge in [0.05, 0.1) is 20.1 Å². The van der Waals surface area contributed by atoms with E-state index in [2.05, 4.69) is 30.3 Å². The summed E-state index contributed by atoms with van der Waals surface area (Å²) in [6, 6.07) is 21.5. The lowest BCUT2D eigenvalue weighted by Gasteiger charge is -2.42. The van der Waals surface area contributed by atoms with Gasteiger partial charge in [0.15, 0.2) is 0 Å². The molecule has 4 rings (SSSR count). The number of fused-ring (bicyclic) bond motifs is 1. The number of hydrogen-bond acceptors (Lipinski definition) is 7. The zero-order valence-electron chi connectivity index (χ0n) is 21.0. The number of para-hydroxylation sites is 1. The Bertz CT molecular complexity index is 1210. The van der Waals surface area contributed by atoms with Crippen LogP contribution in [0.15, 0.2) is 76.5 Å². The van der Waals surface area contributed by atoms with Gasteiger partial charge in [0, 0.05) is 17.4 Å². The van der Waals surface area contributed by atoms with Crippen molar-refractivity contribution in [2.75, 3.05) is 19.9 Å². The molecule has 2 unspecified atom stereocenters. The average Bonchev–Trinajstić information content (AvgIpc) is 2.97. The number of aryl methyl sites for hydroxylation is 1. The van der Waals surface area contributed by atoms with Crippen molar-refractivity contribution in [3.05, 3.63) is 89.0 Å². The van der Waals surface area contributed by atoms with E-state index in [1.165, 1.54) is 7.11 Å². The van der Waals surface area contributed by atoms with Gasteiger partial charge in [-0.2, -0.15) is 4.31 Å². The van der Waals surface area contributed by atoms with Gasteiger partial charge in [-0.1, -0.05) is 42.5 Å². The number of hydrogen-bond donors (Lipinski definition) is 2. The van der Waals surface area contributed by atoms with E-state index in [4.69, 9.17) is 9.47 Å². The number of ether oxygens (including phenoxy) is 2. The van der Waals surface area contributed by atoms with Crippen LogP contribution in [0.5, 0.6) is 5.75 Å². The second-order valence-corrected chi connectivity index (χ2v) is 11.9. The summed E-state index contributed by atoms with van der Waals surface area (Å²) >= 11 is 1.67. The van der Waals surface area contributed by atoms with Crippen molar-refractivity contribution in [1.82, 2.24) is 4.31 Å². The third kappa shape index (κ3) is 5.74. The average molecular weight is 528 g/mol. The Labute approximate surface area is 219 Å². The van der Waals surface area contributed by atoms with Crippen LogP contribution in [0.2, 0.25) is 0 Å². The molecule has 0 saturated heterocycles. The van der Waals surface area contributed by atoms with E-state index in [-0.39, 0.29) is 24.4 Å². The monoisotopic (exact) mass is 527 g/mol. The molecule has 0 spiro atoms. The van der Waals surface area contributed by atoms with Gasteiger partial charge in [-0.3, -0.25) is 13.9 Å². The summed E-state index contributed by atoms with van der Waals surface area (Å²) in [5.41, 5.74) is 4.01. The van der Waals surface area contributed by atoms with E-state index < -0.39 is 10.8 Å². The highest BCUT2D eigenvalue weighted by molar-refractivity contribution is 8.22. The fraction of sp³-hybridized carbons (Fsp3) is 0.321. The molecular formula is C28H33NO5S2. The molecule has 0 bridgehead atoms. The molecule has 8 heteroatoms. The number of carbonyl (C=O) groups is 1. The molecule has 0 fully saturated rings. The second kappa shape index (κ2) is 11.3. The predicted octanol–water partition coefficient (Wildman–Crippen LogP) is 6.72. The Kier molecular flexibility index (Phi) is 8.32. The first-order valence-electron chi connectivity index (χ1n) is 11.8. The highest BCUT2D eigenvalue weighted by atomic mass is 32.3. The lowest BCUT2D eigenvalue weighted by molar-refractivity contribution is -0.140. The van der Waals surface area contributed by atoms with Gasteiger partial charge < -0.3 is 9.47 Å². The Morgan fingerprint density at radius 2 is 1.83 bits per heavy atom. The normalized spacial score (nSPS) is 18.9. The van der Waals surface area contributed by atoms with Gasteiger partial charge in [-0.25, -0.2) is 0 Å². The summed E-state index contributed by atoms with van der Waals surface area (Å²) in [4.78, 5) is 13.9. The molecule has 1 aliphatic rings. The number of rotatable bonds is 7. The molecule has 0 aromatic heterocycles. The number of methoxy groups -OCH3 is 1. The van der Waals surface area contributed by atoms with Crippen LogP contribution in [-0.4, -0.2) is 45.4 Å². The van der Waals surface area contributed by atoms with Crippen LogP contribution in [0.25, 0.3) is 0 Å². The Morgan fingerprint density at radius 3 is 2.53 bits per heavy atom. The lowest BCUT2D eigenvalue weighted by atomic mass is 9.87. The summed E-state index contributed by atoms with van der Waals surface area (Å²) < 4.78 is 35.3. The fourth-order valence-corrected chi connectivity index (χ4v) is 6.57. The molecule has 0 saturated carbocycles. The number of carbonyl (C=O) groups excluding carboxylic acids is 1. The molecule has 1 aliphatic heterocycles. The highest BCUT2D eigenvalue weighted by Gasteiger charge is 2.34. The minimum atomic E-state index is -3.25. The van der Waals surface area contributed by atoms with Crippen LogP contribution >= 0.6 is 22.5 Å². The third-order valence-electron chi connectivity index (χ3n) is 6.53. The minimum Gasteiger partial charge on any atom is -0.487 e. The number of benzene rings is 3. The first-order chi connectivity index (χ1) is 17.2. The van der Waals surface area contributed by atoms with Gasteiger partial charge in [-0.15, -0.1) is 22.5 Å². The van der Waals surface area contributed by atoms with Gasteiger partial charge in [0.2, 0.25) is 0 Å². The highest BCUT2D eigenvalue weighted by Crippen LogP contribution is 2.57. The zero-order chi connectivity index (χ0) is 25.9. The number of nitrogens with zero attached hydrogens (tertiary/aromatic N) is 1. The van der Waals surface area contributed by atoms with E-state index in [9.17, 15) is 13.9 Å². The molecule has 0 radical (unpaired) electrons. The first kappa shape index (κ1) is 26.6. The summed E-state index contributed by atoms with van der Waals surface area (Å²) in [5, 5.41) is 0. The Balaban J connectivity index is 1.70. The van der Waals surface area contributed by atoms with Crippen molar-refractivity contribution < 1.29 is 23.4 Å². The second-order valence-electron chi connectivity index (χ2n) is 9.01. The Hall–Kier alpha value is -2.49. The van der Waals surface area contributed by atoms with E-state index in [0.29, 0.717) is 23.7 Å². The molecule has 192 valence electrons. The Morgan fingerprint density at radius 1 is 1.14 bits per heavy atom. The molecule has 0 aliphatic carbocycles. The minimum absolute atomic E-state index is 0.180. The van der Waals surface area contributed by atoms with E-state index in [1.807, 2.05) is 38.3 Å². The third-order valence-corrected chi connectivity index (χ3v) is 9.20. The van der Waals surface area contributed by atoms with Gasteiger partial charge >= 0.3 is 5.97 Å². The van der Waals surface area contributed by atoms with E-state index in [1.54, 1.807) is 34.3 Å². The SMILES string of the molecule is COC(=O)CC(c1ccc(SC)cc1)c1ccc(C)c(CN2CC(C)Oc3ccccc3S2(O)O)c1. The van der Waals surface area contributed by atoms with Crippen molar-refractivity contribution in [3.8, 4) is 5.75 Å². The molecule has 3 aromatic carbocycles. The molecule has 36 heavy (non-hydrogen) atoms. The van der Waals surface area contributed by atoms with Crippen LogP contribution in [0.3, 0.4) is 0 Å². The topological polar surface area (TPSA) is 79.2 Å². The number of thioether (sulfide) groups is 1. The maximum Gasteiger partial charge on any atom is 0.306 e. The van der Waals surface area contributed by atoms with Crippen LogP contribution < -0.4 is 4.74 Å².